The summed E-state index contributed by atoms with van der Waals surface area (Å²) in [6, 6.07) is 6.93. The first-order valence-corrected chi connectivity index (χ1v) is 11.9. The molecule has 0 unspecified atom stereocenters. The molecule has 2 atom stereocenters. The van der Waals surface area contributed by atoms with Gasteiger partial charge < -0.3 is 24.6 Å². The molecule has 1 aliphatic heterocycles. The number of rotatable bonds is 7. The predicted molar refractivity (Wildman–Crippen MR) is 124 cm³/mol. The first kappa shape index (κ1) is 34.5. The maximum atomic E-state index is 13.4. The molecule has 1 aromatic rings. The van der Waals surface area contributed by atoms with Crippen molar-refractivity contribution in [2.45, 2.75) is 43.8 Å². The largest absolute Gasteiger partial charge is 0.490 e. The summed E-state index contributed by atoms with van der Waals surface area (Å²) in [7, 11) is 4.13. The third-order valence-corrected chi connectivity index (χ3v) is 5.97. The lowest BCUT2D eigenvalue weighted by atomic mass is 9.89. The van der Waals surface area contributed by atoms with Crippen LogP contribution in [0.25, 0.3) is 0 Å². The van der Waals surface area contributed by atoms with Gasteiger partial charge in [0.15, 0.2) is 0 Å². The normalized spacial score (nSPS) is 21.6. The second kappa shape index (κ2) is 15.3. The van der Waals surface area contributed by atoms with Gasteiger partial charge in [0.25, 0.3) is 0 Å². The van der Waals surface area contributed by atoms with Crippen LogP contribution in [0.4, 0.5) is 30.7 Å². The molecule has 1 aliphatic carbocycles. The van der Waals surface area contributed by atoms with Crippen molar-refractivity contribution < 1.29 is 60.0 Å². The number of halogens is 7. The van der Waals surface area contributed by atoms with E-state index in [0.29, 0.717) is 5.92 Å². The van der Waals surface area contributed by atoms with Crippen molar-refractivity contribution in [1.82, 2.24) is 9.80 Å². The number of aliphatic carboxylic acids is 2. The summed E-state index contributed by atoms with van der Waals surface area (Å²) in [6.07, 6.45) is -6.68. The zero-order valence-corrected chi connectivity index (χ0v) is 21.5. The van der Waals surface area contributed by atoms with Gasteiger partial charge in [0.05, 0.1) is 25.4 Å². The van der Waals surface area contributed by atoms with Gasteiger partial charge in [-0.05, 0) is 44.6 Å². The van der Waals surface area contributed by atoms with E-state index in [-0.39, 0.29) is 11.4 Å². The van der Waals surface area contributed by atoms with Gasteiger partial charge in [-0.15, -0.1) is 0 Å². The third-order valence-electron chi connectivity index (χ3n) is 5.97. The Morgan fingerprint density at radius 3 is 2.23 bits per heavy atom. The summed E-state index contributed by atoms with van der Waals surface area (Å²) >= 11 is 0. The topological polar surface area (TPSA) is 99.5 Å². The molecule has 1 saturated carbocycles. The molecule has 39 heavy (non-hydrogen) atoms. The minimum Gasteiger partial charge on any atom is -0.475 e. The summed E-state index contributed by atoms with van der Waals surface area (Å²) in [4.78, 5) is 22.3. The fraction of sp³-hybridized carbons (Fsp3) is 0.667. The molecule has 1 saturated heterocycles. The molecular weight excluding hydrogens is 545 g/mol. The van der Waals surface area contributed by atoms with E-state index in [9.17, 15) is 30.7 Å². The minimum absolute atomic E-state index is 0.0797. The van der Waals surface area contributed by atoms with E-state index in [1.54, 1.807) is 12.1 Å². The van der Waals surface area contributed by atoms with Crippen LogP contribution in [0.2, 0.25) is 0 Å². The zero-order valence-electron chi connectivity index (χ0n) is 21.5. The monoisotopic (exact) mass is 578 g/mol. The predicted octanol–water partition coefficient (Wildman–Crippen LogP) is 4.04. The number of carboxylic acids is 2. The van der Waals surface area contributed by atoms with Crippen LogP contribution in [0.5, 0.6) is 0 Å². The van der Waals surface area contributed by atoms with Crippen LogP contribution in [0, 0.1) is 11.7 Å². The molecule has 0 radical (unpaired) electrons. The number of ether oxygens (including phenoxy) is 2. The van der Waals surface area contributed by atoms with Crippen LogP contribution >= 0.6 is 0 Å². The standard InChI is InChI=1S/C20H31FN2O2.2C2HF3O2/c1-22(2)9-11-24-15-18-6-4-8-20(18)16-23(10-12-25-20)14-17-5-3-7-19(21)13-17;2*3-2(4,5)1(6)7/h3,5,7,13,18H,4,6,8-12,14-16H2,1-2H3;2*(H,6,7)/t18-,20+;;/m1../s1. The van der Waals surface area contributed by atoms with Crippen LogP contribution < -0.4 is 0 Å². The molecule has 2 fully saturated rings. The smallest absolute Gasteiger partial charge is 0.475 e. The fourth-order valence-corrected chi connectivity index (χ4v) is 4.13. The van der Waals surface area contributed by atoms with Crippen LogP contribution in [0.15, 0.2) is 24.3 Å². The highest BCUT2D eigenvalue weighted by Crippen LogP contribution is 2.41. The summed E-state index contributed by atoms with van der Waals surface area (Å²) in [5.74, 6) is -5.21. The average Bonchev–Trinajstić information content (AvgIpc) is 3.17. The molecule has 2 aliphatic rings. The summed E-state index contributed by atoms with van der Waals surface area (Å²) in [5, 5.41) is 14.2. The molecule has 1 aromatic carbocycles. The molecule has 3 rings (SSSR count). The second-order valence-electron chi connectivity index (χ2n) is 9.33. The van der Waals surface area contributed by atoms with Crippen molar-refractivity contribution in [2.75, 3.05) is 53.6 Å². The van der Waals surface area contributed by atoms with E-state index in [1.165, 1.54) is 18.9 Å². The van der Waals surface area contributed by atoms with Gasteiger partial charge >= 0.3 is 24.3 Å². The molecule has 1 heterocycles. The maximum Gasteiger partial charge on any atom is 0.490 e. The maximum absolute atomic E-state index is 13.4. The van der Waals surface area contributed by atoms with Gasteiger partial charge in [0, 0.05) is 32.1 Å². The SMILES string of the molecule is CN(C)CCOC[C@H]1CCC[C@]12CN(Cc1cccc(F)c1)CCO2.O=C(O)C(F)(F)F.O=C(O)C(F)(F)F. The van der Waals surface area contributed by atoms with Crippen molar-refractivity contribution in [2.24, 2.45) is 5.92 Å². The van der Waals surface area contributed by atoms with Gasteiger partial charge in [0.1, 0.15) is 5.82 Å². The lowest BCUT2D eigenvalue weighted by Crippen LogP contribution is -2.54. The Morgan fingerprint density at radius 2 is 1.72 bits per heavy atom. The number of carbonyl (C=O) groups is 2. The first-order chi connectivity index (χ1) is 18.0. The Bertz CT molecular complexity index is 890. The Kier molecular flexibility index (Phi) is 13.6. The Labute approximate surface area is 221 Å². The van der Waals surface area contributed by atoms with Gasteiger partial charge in [-0.1, -0.05) is 18.6 Å². The molecule has 1 spiro atoms. The molecular formula is C24H33F7N2O6. The molecule has 224 valence electrons. The van der Waals surface area contributed by atoms with E-state index < -0.39 is 24.3 Å². The summed E-state index contributed by atoms with van der Waals surface area (Å²) in [5.41, 5.74) is 0.956. The van der Waals surface area contributed by atoms with Gasteiger partial charge in [0.2, 0.25) is 0 Å². The average molecular weight is 579 g/mol. The van der Waals surface area contributed by atoms with Gasteiger partial charge in [-0.2, -0.15) is 26.3 Å². The van der Waals surface area contributed by atoms with E-state index in [0.717, 1.165) is 58.0 Å². The van der Waals surface area contributed by atoms with E-state index in [2.05, 4.69) is 23.9 Å². The number of benzene rings is 1. The highest BCUT2D eigenvalue weighted by molar-refractivity contribution is 5.73. The van der Waals surface area contributed by atoms with Crippen molar-refractivity contribution in [1.29, 1.82) is 0 Å². The number of hydrogen-bond acceptors (Lipinski definition) is 6. The quantitative estimate of drug-likeness (QED) is 0.370. The lowest BCUT2D eigenvalue weighted by Gasteiger charge is -2.44. The van der Waals surface area contributed by atoms with Crippen LogP contribution in [-0.2, 0) is 25.6 Å². The Hall–Kier alpha value is -2.49. The highest BCUT2D eigenvalue weighted by Gasteiger charge is 2.47. The highest BCUT2D eigenvalue weighted by atomic mass is 19.4. The van der Waals surface area contributed by atoms with Gasteiger partial charge in [-0.3, -0.25) is 4.90 Å². The van der Waals surface area contributed by atoms with E-state index >= 15 is 0 Å². The number of alkyl halides is 6. The third kappa shape index (κ3) is 12.9. The number of hydrogen-bond donors (Lipinski definition) is 2. The Balaban J connectivity index is 0.000000449. The van der Waals surface area contributed by atoms with Crippen molar-refractivity contribution >= 4 is 11.9 Å². The lowest BCUT2D eigenvalue weighted by molar-refractivity contribution is -0.193. The van der Waals surface area contributed by atoms with Crippen molar-refractivity contribution in [3.8, 4) is 0 Å². The van der Waals surface area contributed by atoms with Crippen LogP contribution in [-0.4, -0.2) is 103 Å². The second-order valence-corrected chi connectivity index (χ2v) is 9.33. The molecule has 2 N–H and O–H groups in total. The summed E-state index contributed by atoms with van der Waals surface area (Å²) in [6.45, 7) is 5.87. The fourth-order valence-electron chi connectivity index (χ4n) is 4.13. The molecule has 15 heteroatoms. The zero-order chi connectivity index (χ0) is 29.9. The first-order valence-electron chi connectivity index (χ1n) is 11.9. The molecule has 0 bridgehead atoms. The van der Waals surface area contributed by atoms with Crippen molar-refractivity contribution in [3.05, 3.63) is 35.6 Å². The molecule has 8 nitrogen and oxygen atoms in total. The van der Waals surface area contributed by atoms with Crippen LogP contribution in [0.1, 0.15) is 24.8 Å². The van der Waals surface area contributed by atoms with Gasteiger partial charge in [-0.25, -0.2) is 14.0 Å². The molecule has 0 aromatic heterocycles. The Morgan fingerprint density at radius 1 is 1.13 bits per heavy atom. The number of carboxylic acid groups (broad SMARTS) is 2. The summed E-state index contributed by atoms with van der Waals surface area (Å²) < 4.78 is 89.2. The number of morpholine rings is 1. The van der Waals surface area contributed by atoms with E-state index in [4.69, 9.17) is 29.3 Å². The minimum atomic E-state index is -5.08. The van der Waals surface area contributed by atoms with Crippen molar-refractivity contribution in [3.63, 3.8) is 0 Å². The number of nitrogens with zero attached hydrogens (tertiary/aromatic N) is 2. The molecule has 0 amide bonds. The van der Waals surface area contributed by atoms with E-state index in [1.807, 2.05) is 6.07 Å². The van der Waals surface area contributed by atoms with Crippen LogP contribution in [0.3, 0.4) is 0 Å². The number of likely N-dealkylation sites (N-methyl/N-ethyl adjacent to an activating group) is 1.